The van der Waals surface area contributed by atoms with Gasteiger partial charge in [-0.05, 0) is 35.9 Å². The summed E-state index contributed by atoms with van der Waals surface area (Å²) in [6.45, 7) is -1.57. The Kier molecular flexibility index (Phi) is 7.02. The Bertz CT molecular complexity index is 1090. The Morgan fingerprint density at radius 2 is 1.73 bits per heavy atom. The van der Waals surface area contributed by atoms with E-state index in [2.05, 4.69) is 10.1 Å². The van der Waals surface area contributed by atoms with Crippen molar-refractivity contribution < 1.29 is 36.3 Å². The average Bonchev–Trinajstić information content (AvgIpc) is 3.29. The molecule has 2 atom stereocenters. The van der Waals surface area contributed by atoms with Crippen molar-refractivity contribution in [2.24, 2.45) is 5.92 Å². The summed E-state index contributed by atoms with van der Waals surface area (Å²) in [6.07, 6.45) is -4.63. The van der Waals surface area contributed by atoms with Gasteiger partial charge in [0.25, 0.3) is 5.91 Å². The Morgan fingerprint density at radius 3 is 2.27 bits per heavy atom. The van der Waals surface area contributed by atoms with E-state index in [1.165, 1.54) is 12.1 Å². The minimum absolute atomic E-state index is 0.0171. The molecule has 1 saturated carbocycles. The number of carbonyl (C=O) groups excluding carboxylic acids is 2. The Morgan fingerprint density at radius 1 is 1.12 bits per heavy atom. The maximum absolute atomic E-state index is 14.0. The number of ether oxygens (including phenoxy) is 1. The zero-order valence-electron chi connectivity index (χ0n) is 16.5. The Balaban J connectivity index is 1.77. The molecule has 0 saturated heterocycles. The highest BCUT2D eigenvalue weighted by molar-refractivity contribution is 6.53. The van der Waals surface area contributed by atoms with Crippen LogP contribution in [0.5, 0.6) is 5.75 Å². The minimum Gasteiger partial charge on any atom is -0.491 e. The lowest BCUT2D eigenvalue weighted by molar-refractivity contribution is -0.123. The molecule has 2 amide bonds. The van der Waals surface area contributed by atoms with E-state index in [1.54, 1.807) is 5.32 Å². The van der Waals surface area contributed by atoms with Crippen LogP contribution in [0.4, 0.5) is 27.6 Å². The monoisotopic (exact) mass is 530 g/mol. The summed E-state index contributed by atoms with van der Waals surface area (Å²) in [5.41, 5.74) is -0.268. The normalized spacial score (nSPS) is 19.1. The van der Waals surface area contributed by atoms with E-state index >= 15 is 0 Å². The van der Waals surface area contributed by atoms with Gasteiger partial charge in [-0.25, -0.2) is 8.78 Å². The summed E-state index contributed by atoms with van der Waals surface area (Å²) in [7, 11) is 1.09. The molecule has 5 nitrogen and oxygen atoms in total. The molecule has 1 fully saturated rings. The van der Waals surface area contributed by atoms with Crippen molar-refractivity contribution in [3.05, 3.63) is 58.1 Å². The largest absolute Gasteiger partial charge is 0.491 e. The zero-order valence-corrected chi connectivity index (χ0v) is 18.8. The van der Waals surface area contributed by atoms with Gasteiger partial charge in [0.05, 0.1) is 23.6 Å². The molecule has 0 aromatic heterocycles. The van der Waals surface area contributed by atoms with Crippen LogP contribution in [0.15, 0.2) is 30.3 Å². The second kappa shape index (κ2) is 9.15. The van der Waals surface area contributed by atoms with Crippen molar-refractivity contribution in [3.8, 4) is 5.75 Å². The van der Waals surface area contributed by atoms with Crippen LogP contribution in [0.25, 0.3) is 0 Å². The molecule has 1 aliphatic rings. The van der Waals surface area contributed by atoms with Crippen LogP contribution in [0, 0.1) is 17.6 Å². The van der Waals surface area contributed by atoms with Gasteiger partial charge in [-0.1, -0.05) is 11.6 Å². The summed E-state index contributed by atoms with van der Waals surface area (Å²) in [4.78, 5) is 24.7. The lowest BCUT2D eigenvalue weighted by Gasteiger charge is -2.11. The molecule has 2 aromatic rings. The predicted molar refractivity (Wildman–Crippen MR) is 112 cm³/mol. The van der Waals surface area contributed by atoms with Crippen LogP contribution < -0.4 is 15.4 Å². The number of nitrogens with one attached hydrogen (secondary N) is 2. The molecule has 2 aromatic carbocycles. The second-order valence-corrected chi connectivity index (χ2v) is 8.98. The average molecular weight is 532 g/mol. The fourth-order valence-electron chi connectivity index (χ4n) is 3.29. The molecular weight excluding hydrogens is 518 g/mol. The van der Waals surface area contributed by atoms with Gasteiger partial charge in [-0.15, -0.1) is 23.2 Å². The Labute approximate surface area is 199 Å². The number of hydrogen-bond acceptors (Lipinski definition) is 3. The second-order valence-electron chi connectivity index (χ2n) is 7.13. The molecule has 3 rings (SSSR count). The first kappa shape index (κ1) is 25.3. The van der Waals surface area contributed by atoms with Crippen molar-refractivity contribution in [2.45, 2.75) is 16.4 Å². The number of carbonyl (C=O) groups is 2. The first-order chi connectivity index (χ1) is 15.3. The van der Waals surface area contributed by atoms with Gasteiger partial charge in [-0.3, -0.25) is 9.59 Å². The maximum atomic E-state index is 14.0. The molecule has 0 spiro atoms. The summed E-state index contributed by atoms with van der Waals surface area (Å²) in [6, 6.07) is 5.47. The third-order valence-corrected chi connectivity index (χ3v) is 6.12. The molecule has 0 radical (unpaired) electrons. The summed E-state index contributed by atoms with van der Waals surface area (Å²) < 4.78 is 68.0. The zero-order chi connectivity index (χ0) is 24.7. The van der Waals surface area contributed by atoms with Gasteiger partial charge in [0.1, 0.15) is 10.9 Å². The molecule has 33 heavy (non-hydrogen) atoms. The highest BCUT2D eigenvalue weighted by Crippen LogP contribution is 2.65. The maximum Gasteiger partial charge on any atom is 0.405 e. The van der Waals surface area contributed by atoms with Crippen LogP contribution in [0.3, 0.4) is 0 Å². The van der Waals surface area contributed by atoms with E-state index in [0.29, 0.717) is 0 Å². The first-order valence-corrected chi connectivity index (χ1v) is 10.3. The third kappa shape index (κ3) is 5.44. The molecule has 1 aliphatic carbocycles. The quantitative estimate of drug-likeness (QED) is 0.385. The summed E-state index contributed by atoms with van der Waals surface area (Å²) >= 11 is 18.2. The molecule has 2 N–H and O–H groups in total. The number of anilines is 1. The highest BCUT2D eigenvalue weighted by Gasteiger charge is 2.67. The number of hydrogen-bond donors (Lipinski definition) is 2. The van der Waals surface area contributed by atoms with E-state index in [0.717, 1.165) is 25.3 Å². The minimum atomic E-state index is -4.63. The lowest BCUT2D eigenvalue weighted by atomic mass is 10.1. The van der Waals surface area contributed by atoms with Crippen molar-refractivity contribution in [1.82, 2.24) is 5.32 Å². The van der Waals surface area contributed by atoms with E-state index in [9.17, 15) is 31.5 Å². The smallest absolute Gasteiger partial charge is 0.405 e. The standard InChI is InChI=1S/C20H14Cl3F5N2O3/c1-33-16-12(24)4-8(5-13(16)25)14-15(20(14,22)23)18(32)30-9-2-3-11(21)10(6-9)17(31)29-7-19(26,27)28/h2-6,14-15H,7H2,1H3,(H,29,31)(H,30,32)/t14-,15+/m1/s1. The van der Waals surface area contributed by atoms with E-state index in [1.807, 2.05) is 0 Å². The fraction of sp³-hybridized carbons (Fsp3) is 0.300. The number of benzene rings is 2. The molecule has 0 bridgehead atoms. The summed E-state index contributed by atoms with van der Waals surface area (Å²) in [5, 5.41) is 3.95. The molecule has 178 valence electrons. The molecule has 0 unspecified atom stereocenters. The Hall–Kier alpha value is -2.30. The van der Waals surface area contributed by atoms with Crippen molar-refractivity contribution >= 4 is 52.3 Å². The van der Waals surface area contributed by atoms with Crippen molar-refractivity contribution in [2.75, 3.05) is 19.0 Å². The lowest BCUT2D eigenvalue weighted by Crippen LogP contribution is -2.33. The number of alkyl halides is 5. The number of halogens is 8. The van der Waals surface area contributed by atoms with Crippen LogP contribution >= 0.6 is 34.8 Å². The van der Waals surface area contributed by atoms with Crippen LogP contribution in [0.2, 0.25) is 5.02 Å². The fourth-order valence-corrected chi connectivity index (χ4v) is 4.33. The van der Waals surface area contributed by atoms with Gasteiger partial charge in [0, 0.05) is 11.6 Å². The van der Waals surface area contributed by atoms with Gasteiger partial charge in [0.2, 0.25) is 5.91 Å². The van der Waals surface area contributed by atoms with Crippen molar-refractivity contribution in [3.63, 3.8) is 0 Å². The highest BCUT2D eigenvalue weighted by atomic mass is 35.5. The van der Waals surface area contributed by atoms with E-state index in [4.69, 9.17) is 34.8 Å². The van der Waals surface area contributed by atoms with E-state index < -0.39 is 58.1 Å². The van der Waals surface area contributed by atoms with E-state index in [-0.39, 0.29) is 21.8 Å². The predicted octanol–water partition coefficient (Wildman–Crippen LogP) is 5.44. The summed E-state index contributed by atoms with van der Waals surface area (Å²) in [5.74, 6) is -6.54. The SMILES string of the molecule is COc1c(F)cc([C@@H]2[C@@H](C(=O)Nc3ccc(Cl)c(C(=O)NCC(F)(F)F)c3)C2(Cl)Cl)cc1F. The van der Waals surface area contributed by atoms with Gasteiger partial charge >= 0.3 is 6.18 Å². The first-order valence-electron chi connectivity index (χ1n) is 9.12. The van der Waals surface area contributed by atoms with Crippen LogP contribution in [-0.2, 0) is 4.79 Å². The van der Waals surface area contributed by atoms with Gasteiger partial charge in [0.15, 0.2) is 17.4 Å². The van der Waals surface area contributed by atoms with Crippen LogP contribution in [0.1, 0.15) is 21.8 Å². The number of methoxy groups -OCH3 is 1. The van der Waals surface area contributed by atoms with Crippen molar-refractivity contribution in [1.29, 1.82) is 0 Å². The number of rotatable bonds is 6. The van der Waals surface area contributed by atoms with Gasteiger partial charge in [-0.2, -0.15) is 13.2 Å². The molecule has 0 heterocycles. The molecular formula is C20H14Cl3F5N2O3. The third-order valence-electron chi connectivity index (χ3n) is 4.85. The number of amides is 2. The molecule has 0 aliphatic heterocycles. The van der Waals surface area contributed by atoms with Gasteiger partial charge < -0.3 is 15.4 Å². The molecule has 13 heteroatoms. The topological polar surface area (TPSA) is 67.4 Å². The van der Waals surface area contributed by atoms with Crippen LogP contribution in [-0.4, -0.2) is 36.0 Å².